The van der Waals surface area contributed by atoms with E-state index in [4.69, 9.17) is 0 Å². The highest BCUT2D eigenvalue weighted by Gasteiger charge is 2.07. The molecule has 82 valence electrons. The molecule has 1 nitrogen and oxygen atoms in total. The lowest BCUT2D eigenvalue weighted by Gasteiger charge is -2.04. The van der Waals surface area contributed by atoms with E-state index in [1.807, 2.05) is 13.8 Å². The summed E-state index contributed by atoms with van der Waals surface area (Å²) in [6.07, 6.45) is 0.864. The molecule has 3 heteroatoms. The first-order valence-electron chi connectivity index (χ1n) is 4.94. The van der Waals surface area contributed by atoms with E-state index in [1.165, 1.54) is 12.1 Å². The highest BCUT2D eigenvalue weighted by molar-refractivity contribution is 9.10. The number of carbonyl (C=O) groups excluding carboxylic acids is 1. The van der Waals surface area contributed by atoms with Crippen molar-refractivity contribution in [1.29, 1.82) is 0 Å². The highest BCUT2D eigenvalue weighted by atomic mass is 79.9. The molecule has 0 heterocycles. The molecule has 1 aromatic carbocycles. The predicted octanol–water partition coefficient (Wildman–Crippen LogP) is 3.75. The lowest BCUT2D eigenvalue weighted by atomic mass is 10.0. The summed E-state index contributed by atoms with van der Waals surface area (Å²) in [7, 11) is 0. The van der Waals surface area contributed by atoms with Crippen LogP contribution in [0.1, 0.15) is 25.8 Å². The number of hydrogen-bond donors (Lipinski definition) is 0. The minimum Gasteiger partial charge on any atom is -0.299 e. The molecule has 0 aliphatic carbocycles. The largest absolute Gasteiger partial charge is 0.299 e. The van der Waals surface area contributed by atoms with Crippen LogP contribution in [-0.2, 0) is 11.2 Å². The molecule has 0 aliphatic heterocycles. The van der Waals surface area contributed by atoms with Crippen molar-refractivity contribution in [2.75, 3.05) is 0 Å². The van der Waals surface area contributed by atoms with Crippen molar-refractivity contribution in [3.63, 3.8) is 0 Å². The van der Waals surface area contributed by atoms with E-state index >= 15 is 0 Å². The van der Waals surface area contributed by atoms with Crippen LogP contribution >= 0.6 is 15.9 Å². The fourth-order valence-electron chi connectivity index (χ4n) is 1.47. The fourth-order valence-corrected chi connectivity index (χ4v) is 1.98. The zero-order valence-electron chi connectivity index (χ0n) is 8.89. The van der Waals surface area contributed by atoms with Gasteiger partial charge in [0.25, 0.3) is 0 Å². The van der Waals surface area contributed by atoms with Crippen LogP contribution in [-0.4, -0.2) is 5.78 Å². The predicted molar refractivity (Wildman–Crippen MR) is 62.3 cm³/mol. The van der Waals surface area contributed by atoms with Gasteiger partial charge in [0.2, 0.25) is 0 Å². The summed E-state index contributed by atoms with van der Waals surface area (Å²) in [5, 5.41) is 0. The van der Waals surface area contributed by atoms with Gasteiger partial charge in [-0.1, -0.05) is 29.8 Å². The molecule has 1 rings (SSSR count). The number of rotatable bonds is 4. The van der Waals surface area contributed by atoms with E-state index in [-0.39, 0.29) is 11.6 Å². The summed E-state index contributed by atoms with van der Waals surface area (Å²) in [5.41, 5.74) is 0.729. The molecule has 0 spiro atoms. The number of benzene rings is 1. The average molecular weight is 273 g/mol. The third-order valence-corrected chi connectivity index (χ3v) is 2.42. The van der Waals surface area contributed by atoms with Crippen LogP contribution in [0.5, 0.6) is 0 Å². The zero-order valence-corrected chi connectivity index (χ0v) is 10.5. The Labute approximate surface area is 97.8 Å². The lowest BCUT2D eigenvalue weighted by molar-refractivity contribution is -0.119. The first kappa shape index (κ1) is 12.4. The van der Waals surface area contributed by atoms with Gasteiger partial charge in [-0.05, 0) is 29.7 Å². The Morgan fingerprint density at radius 2 is 2.07 bits per heavy atom. The normalized spacial score (nSPS) is 10.7. The third kappa shape index (κ3) is 4.56. The maximum absolute atomic E-state index is 13.0. The SMILES string of the molecule is CC(C)CC(=O)Cc1cc(F)cc(Br)c1. The van der Waals surface area contributed by atoms with E-state index in [2.05, 4.69) is 15.9 Å². The number of carbonyl (C=O) groups is 1. The third-order valence-electron chi connectivity index (χ3n) is 1.96. The van der Waals surface area contributed by atoms with Crippen LogP contribution in [0.25, 0.3) is 0 Å². The fraction of sp³-hybridized carbons (Fsp3) is 0.417. The monoisotopic (exact) mass is 272 g/mol. The molecular formula is C12H14BrFO. The second-order valence-corrected chi connectivity index (χ2v) is 5.01. The molecule has 1 aromatic rings. The summed E-state index contributed by atoms with van der Waals surface area (Å²) in [5.74, 6) is 0.203. The first-order valence-corrected chi connectivity index (χ1v) is 5.73. The first-order chi connectivity index (χ1) is 6.97. The molecule has 0 amide bonds. The van der Waals surface area contributed by atoms with E-state index in [0.717, 1.165) is 5.56 Å². The van der Waals surface area contributed by atoms with Gasteiger partial charge in [0.15, 0.2) is 0 Å². The van der Waals surface area contributed by atoms with Crippen LogP contribution < -0.4 is 0 Å². The van der Waals surface area contributed by atoms with Crippen LogP contribution in [0.3, 0.4) is 0 Å². The van der Waals surface area contributed by atoms with Crippen LogP contribution in [0, 0.1) is 11.7 Å². The van der Waals surface area contributed by atoms with Gasteiger partial charge >= 0.3 is 0 Å². The molecule has 0 bridgehead atoms. The molecule has 0 saturated carbocycles. The number of Topliss-reactive ketones (excluding diaryl/α,β-unsaturated/α-hetero) is 1. The van der Waals surface area contributed by atoms with Crippen molar-refractivity contribution >= 4 is 21.7 Å². The van der Waals surface area contributed by atoms with Crippen LogP contribution in [0.15, 0.2) is 22.7 Å². The van der Waals surface area contributed by atoms with Crippen molar-refractivity contribution < 1.29 is 9.18 Å². The molecule has 0 radical (unpaired) electrons. The minimum atomic E-state index is -0.309. The molecule has 0 unspecified atom stereocenters. The average Bonchev–Trinajstić information content (AvgIpc) is 1.98. The molecule has 0 fully saturated rings. The quantitative estimate of drug-likeness (QED) is 0.816. The smallest absolute Gasteiger partial charge is 0.137 e. The molecule has 15 heavy (non-hydrogen) atoms. The van der Waals surface area contributed by atoms with Gasteiger partial charge in [-0.3, -0.25) is 4.79 Å². The van der Waals surface area contributed by atoms with Gasteiger partial charge in [0, 0.05) is 17.3 Å². The molecule has 0 N–H and O–H groups in total. The zero-order chi connectivity index (χ0) is 11.4. The van der Waals surface area contributed by atoms with Gasteiger partial charge in [0.05, 0.1) is 0 Å². The van der Waals surface area contributed by atoms with Gasteiger partial charge in [-0.15, -0.1) is 0 Å². The minimum absolute atomic E-state index is 0.155. The Bertz CT molecular complexity index is 340. The Hall–Kier alpha value is -0.700. The van der Waals surface area contributed by atoms with Crippen LogP contribution in [0.2, 0.25) is 0 Å². The summed E-state index contributed by atoms with van der Waals surface area (Å²) in [6.45, 7) is 4.00. The van der Waals surface area contributed by atoms with E-state index in [0.29, 0.717) is 23.2 Å². The Kier molecular flexibility index (Phi) is 4.45. The second-order valence-electron chi connectivity index (χ2n) is 4.09. The maximum atomic E-state index is 13.0. The van der Waals surface area contributed by atoms with Gasteiger partial charge < -0.3 is 0 Å². The van der Waals surface area contributed by atoms with Gasteiger partial charge in [-0.2, -0.15) is 0 Å². The molecule has 0 atom stereocenters. The van der Waals surface area contributed by atoms with Crippen molar-refractivity contribution in [2.24, 2.45) is 5.92 Å². The van der Waals surface area contributed by atoms with Crippen LogP contribution in [0.4, 0.5) is 4.39 Å². The number of halogens is 2. The Morgan fingerprint density at radius 3 is 2.60 bits per heavy atom. The topological polar surface area (TPSA) is 17.1 Å². The van der Waals surface area contributed by atoms with Crippen molar-refractivity contribution in [3.8, 4) is 0 Å². The molecule has 0 aromatic heterocycles. The van der Waals surface area contributed by atoms with Crippen molar-refractivity contribution in [3.05, 3.63) is 34.1 Å². The van der Waals surface area contributed by atoms with Crippen molar-refractivity contribution in [2.45, 2.75) is 26.7 Å². The standard InChI is InChI=1S/C12H14BrFO/c1-8(2)3-12(15)6-9-4-10(13)7-11(14)5-9/h4-5,7-8H,3,6H2,1-2H3. The van der Waals surface area contributed by atoms with E-state index in [9.17, 15) is 9.18 Å². The Morgan fingerprint density at radius 1 is 1.40 bits per heavy atom. The maximum Gasteiger partial charge on any atom is 0.137 e. The van der Waals surface area contributed by atoms with E-state index in [1.54, 1.807) is 6.07 Å². The van der Waals surface area contributed by atoms with E-state index < -0.39 is 0 Å². The summed E-state index contributed by atoms with van der Waals surface area (Å²) >= 11 is 3.20. The number of hydrogen-bond acceptors (Lipinski definition) is 1. The highest BCUT2D eigenvalue weighted by Crippen LogP contribution is 2.16. The van der Waals surface area contributed by atoms with Crippen molar-refractivity contribution in [1.82, 2.24) is 0 Å². The summed E-state index contributed by atoms with van der Waals surface area (Å²) in [4.78, 5) is 11.5. The summed E-state index contributed by atoms with van der Waals surface area (Å²) in [6, 6.07) is 4.57. The molecular weight excluding hydrogens is 259 g/mol. The van der Waals surface area contributed by atoms with Gasteiger partial charge in [0.1, 0.15) is 11.6 Å². The number of ketones is 1. The molecule has 0 saturated heterocycles. The lowest BCUT2D eigenvalue weighted by Crippen LogP contribution is -2.06. The second kappa shape index (κ2) is 5.40. The Balaban J connectivity index is 2.68. The molecule has 0 aliphatic rings. The summed E-state index contributed by atoms with van der Waals surface area (Å²) < 4.78 is 13.7. The van der Waals surface area contributed by atoms with Gasteiger partial charge in [-0.25, -0.2) is 4.39 Å².